The third-order valence-corrected chi connectivity index (χ3v) is 2.35. The molecule has 0 aliphatic rings. The number of methoxy groups -OCH3 is 1. The third-order valence-electron chi connectivity index (χ3n) is 2.35. The standard InChI is InChI=1S/C14H18N2O3/c1-3-15-14(18)10-16-13(17)9-8-11-6-4-5-7-12(11)19-2/h4-9H,3,10H2,1-2H3,(H,15,18)(H,16,17). The van der Waals surface area contributed by atoms with Gasteiger partial charge >= 0.3 is 0 Å². The van der Waals surface area contributed by atoms with Crippen molar-refractivity contribution in [2.45, 2.75) is 6.92 Å². The summed E-state index contributed by atoms with van der Waals surface area (Å²) in [5.41, 5.74) is 0.804. The molecule has 102 valence electrons. The molecule has 0 unspecified atom stereocenters. The van der Waals surface area contributed by atoms with Crippen LogP contribution in [0.15, 0.2) is 30.3 Å². The smallest absolute Gasteiger partial charge is 0.244 e. The fourth-order valence-corrected chi connectivity index (χ4v) is 1.46. The Labute approximate surface area is 112 Å². The first-order valence-electron chi connectivity index (χ1n) is 6.03. The summed E-state index contributed by atoms with van der Waals surface area (Å²) in [5, 5.41) is 5.09. The van der Waals surface area contributed by atoms with Crippen LogP contribution in [0.5, 0.6) is 5.75 Å². The molecule has 0 fully saturated rings. The van der Waals surface area contributed by atoms with Crippen LogP contribution in [0, 0.1) is 0 Å². The van der Waals surface area contributed by atoms with Crippen LogP contribution >= 0.6 is 0 Å². The molecule has 5 heteroatoms. The summed E-state index contributed by atoms with van der Waals surface area (Å²) in [5.74, 6) is 0.161. The Morgan fingerprint density at radius 1 is 1.26 bits per heavy atom. The van der Waals surface area contributed by atoms with E-state index in [1.165, 1.54) is 6.08 Å². The number of carbonyl (C=O) groups is 2. The van der Waals surface area contributed by atoms with Crippen molar-refractivity contribution in [2.75, 3.05) is 20.2 Å². The summed E-state index contributed by atoms with van der Waals surface area (Å²) in [6, 6.07) is 7.36. The van der Waals surface area contributed by atoms with E-state index in [-0.39, 0.29) is 18.4 Å². The first-order valence-corrected chi connectivity index (χ1v) is 6.03. The van der Waals surface area contributed by atoms with Gasteiger partial charge in [-0.05, 0) is 19.1 Å². The van der Waals surface area contributed by atoms with Gasteiger partial charge in [-0.25, -0.2) is 0 Å². The van der Waals surface area contributed by atoms with Gasteiger partial charge in [0.15, 0.2) is 0 Å². The molecular formula is C14H18N2O3. The van der Waals surface area contributed by atoms with Gasteiger partial charge in [0.2, 0.25) is 11.8 Å². The first-order chi connectivity index (χ1) is 9.17. The lowest BCUT2D eigenvalue weighted by Crippen LogP contribution is -2.35. The molecule has 1 rings (SSSR count). The average molecular weight is 262 g/mol. The zero-order chi connectivity index (χ0) is 14.1. The van der Waals surface area contributed by atoms with Gasteiger partial charge in [-0.1, -0.05) is 18.2 Å². The molecule has 19 heavy (non-hydrogen) atoms. The maximum absolute atomic E-state index is 11.5. The second-order valence-corrected chi connectivity index (χ2v) is 3.75. The predicted molar refractivity (Wildman–Crippen MR) is 73.7 cm³/mol. The van der Waals surface area contributed by atoms with Crippen LogP contribution in [0.1, 0.15) is 12.5 Å². The molecule has 0 radical (unpaired) electrons. The van der Waals surface area contributed by atoms with Gasteiger partial charge in [-0.3, -0.25) is 9.59 Å². The van der Waals surface area contributed by atoms with Crippen LogP contribution in [0.3, 0.4) is 0 Å². The van der Waals surface area contributed by atoms with Crippen molar-refractivity contribution in [3.63, 3.8) is 0 Å². The Morgan fingerprint density at radius 2 is 2.00 bits per heavy atom. The number of nitrogens with one attached hydrogen (secondary N) is 2. The molecule has 1 aromatic rings. The summed E-state index contributed by atoms with van der Waals surface area (Å²) < 4.78 is 5.16. The molecule has 0 atom stereocenters. The van der Waals surface area contributed by atoms with Crippen molar-refractivity contribution >= 4 is 17.9 Å². The van der Waals surface area contributed by atoms with Crippen LogP contribution in [-0.4, -0.2) is 32.0 Å². The second-order valence-electron chi connectivity index (χ2n) is 3.75. The highest BCUT2D eigenvalue weighted by molar-refractivity contribution is 5.94. The van der Waals surface area contributed by atoms with Gasteiger partial charge in [0.1, 0.15) is 5.75 Å². The number of likely N-dealkylation sites (N-methyl/N-ethyl adjacent to an activating group) is 1. The Balaban J connectivity index is 2.52. The first kappa shape index (κ1) is 14.8. The van der Waals surface area contributed by atoms with E-state index in [0.717, 1.165) is 5.56 Å². The van der Waals surface area contributed by atoms with Crippen LogP contribution < -0.4 is 15.4 Å². The number of amides is 2. The minimum atomic E-state index is -0.322. The Hall–Kier alpha value is -2.30. The van der Waals surface area contributed by atoms with Crippen LogP contribution in [0.4, 0.5) is 0 Å². The fraction of sp³-hybridized carbons (Fsp3) is 0.286. The average Bonchev–Trinajstić information content (AvgIpc) is 2.43. The molecule has 0 saturated carbocycles. The minimum absolute atomic E-state index is 0.0249. The summed E-state index contributed by atoms with van der Waals surface area (Å²) in [6.45, 7) is 2.34. The van der Waals surface area contributed by atoms with Crippen molar-refractivity contribution in [1.29, 1.82) is 0 Å². The molecule has 0 aliphatic heterocycles. The molecule has 0 aliphatic carbocycles. The number of rotatable bonds is 6. The third kappa shape index (κ3) is 5.25. The quantitative estimate of drug-likeness (QED) is 0.750. The van der Waals surface area contributed by atoms with Gasteiger partial charge in [0.05, 0.1) is 13.7 Å². The molecule has 0 heterocycles. The highest BCUT2D eigenvalue weighted by atomic mass is 16.5. The predicted octanol–water partition coefficient (Wildman–Crippen LogP) is 0.961. The zero-order valence-electron chi connectivity index (χ0n) is 11.1. The Kier molecular flexibility index (Phi) is 6.15. The normalized spacial score (nSPS) is 10.2. The lowest BCUT2D eigenvalue weighted by molar-refractivity contribution is -0.123. The van der Waals surface area contributed by atoms with E-state index in [9.17, 15) is 9.59 Å². The largest absolute Gasteiger partial charge is 0.496 e. The van der Waals surface area contributed by atoms with E-state index in [2.05, 4.69) is 10.6 Å². The molecule has 1 aromatic carbocycles. The van der Waals surface area contributed by atoms with Crippen molar-refractivity contribution in [3.8, 4) is 5.75 Å². The molecule has 0 spiro atoms. The molecule has 5 nitrogen and oxygen atoms in total. The molecule has 0 saturated heterocycles. The van der Waals surface area contributed by atoms with E-state index >= 15 is 0 Å². The molecule has 0 aromatic heterocycles. The number of carbonyl (C=O) groups excluding carboxylic acids is 2. The Bertz CT molecular complexity index is 470. The maximum Gasteiger partial charge on any atom is 0.244 e. The number of hydrogen-bond acceptors (Lipinski definition) is 3. The van der Waals surface area contributed by atoms with Gasteiger partial charge in [-0.15, -0.1) is 0 Å². The summed E-state index contributed by atoms with van der Waals surface area (Å²) in [4.78, 5) is 22.7. The summed E-state index contributed by atoms with van der Waals surface area (Å²) >= 11 is 0. The minimum Gasteiger partial charge on any atom is -0.496 e. The highest BCUT2D eigenvalue weighted by Crippen LogP contribution is 2.18. The van der Waals surface area contributed by atoms with Crippen molar-refractivity contribution in [1.82, 2.24) is 10.6 Å². The lowest BCUT2D eigenvalue weighted by Gasteiger charge is -2.04. The van der Waals surface area contributed by atoms with Crippen LogP contribution in [0.2, 0.25) is 0 Å². The van der Waals surface area contributed by atoms with Gasteiger partial charge in [0.25, 0.3) is 0 Å². The van der Waals surface area contributed by atoms with Gasteiger partial charge in [-0.2, -0.15) is 0 Å². The Morgan fingerprint density at radius 3 is 2.68 bits per heavy atom. The summed E-state index contributed by atoms with van der Waals surface area (Å²) in [7, 11) is 1.57. The SMILES string of the molecule is CCNC(=O)CNC(=O)C=Cc1ccccc1OC. The van der Waals surface area contributed by atoms with E-state index < -0.39 is 0 Å². The van der Waals surface area contributed by atoms with Crippen molar-refractivity contribution in [3.05, 3.63) is 35.9 Å². The van der Waals surface area contributed by atoms with Crippen molar-refractivity contribution < 1.29 is 14.3 Å². The number of benzene rings is 1. The zero-order valence-corrected chi connectivity index (χ0v) is 11.1. The fourth-order valence-electron chi connectivity index (χ4n) is 1.46. The van der Waals surface area contributed by atoms with E-state index in [1.54, 1.807) is 13.2 Å². The van der Waals surface area contributed by atoms with Gasteiger partial charge in [0, 0.05) is 18.2 Å². The van der Waals surface area contributed by atoms with E-state index in [4.69, 9.17) is 4.74 Å². The van der Waals surface area contributed by atoms with Crippen molar-refractivity contribution in [2.24, 2.45) is 0 Å². The number of hydrogen-bond donors (Lipinski definition) is 2. The van der Waals surface area contributed by atoms with Crippen LogP contribution in [-0.2, 0) is 9.59 Å². The topological polar surface area (TPSA) is 67.4 Å². The molecule has 2 N–H and O–H groups in total. The van der Waals surface area contributed by atoms with Crippen LogP contribution in [0.25, 0.3) is 6.08 Å². The van der Waals surface area contributed by atoms with Gasteiger partial charge < -0.3 is 15.4 Å². The maximum atomic E-state index is 11.5. The second kappa shape index (κ2) is 7.92. The van der Waals surface area contributed by atoms with E-state index in [0.29, 0.717) is 12.3 Å². The number of ether oxygens (including phenoxy) is 1. The molecule has 2 amide bonds. The monoisotopic (exact) mass is 262 g/mol. The molecular weight excluding hydrogens is 244 g/mol. The number of para-hydroxylation sites is 1. The lowest BCUT2D eigenvalue weighted by atomic mass is 10.2. The highest BCUT2D eigenvalue weighted by Gasteiger charge is 2.02. The van der Waals surface area contributed by atoms with E-state index in [1.807, 2.05) is 31.2 Å². The molecule has 0 bridgehead atoms. The summed E-state index contributed by atoms with van der Waals surface area (Å²) in [6.07, 6.45) is 3.02.